The van der Waals surface area contributed by atoms with Gasteiger partial charge in [-0.3, -0.25) is 0 Å². The fourth-order valence-electron chi connectivity index (χ4n) is 2.25. The van der Waals surface area contributed by atoms with Crippen molar-refractivity contribution in [3.05, 3.63) is 0 Å². The standard InChI is InChI=1S/C7H13N2/c1-5-2-7(8)4-9-3-6(5)7/h5-6H,2-4,8H2,1H3/t5-,6+,7-/m1/s1. The summed E-state index contributed by atoms with van der Waals surface area (Å²) < 4.78 is 0. The average molecular weight is 125 g/mol. The Bertz CT molecular complexity index is 135. The summed E-state index contributed by atoms with van der Waals surface area (Å²) in [6, 6.07) is 0. The van der Waals surface area contributed by atoms with E-state index in [9.17, 15) is 0 Å². The first-order valence-corrected chi connectivity index (χ1v) is 3.64. The van der Waals surface area contributed by atoms with Gasteiger partial charge in [0.2, 0.25) is 0 Å². The average Bonchev–Trinajstić information content (AvgIpc) is 2.06. The van der Waals surface area contributed by atoms with Crippen LogP contribution in [0.5, 0.6) is 0 Å². The van der Waals surface area contributed by atoms with Gasteiger partial charge in [-0.1, -0.05) is 6.92 Å². The maximum absolute atomic E-state index is 6.00. The van der Waals surface area contributed by atoms with Crippen molar-refractivity contribution in [2.75, 3.05) is 13.1 Å². The Balaban J connectivity index is 2.13. The minimum atomic E-state index is 0.138. The topological polar surface area (TPSA) is 40.1 Å². The van der Waals surface area contributed by atoms with E-state index in [4.69, 9.17) is 5.73 Å². The molecular formula is C7H13N2. The molecule has 0 bridgehead atoms. The van der Waals surface area contributed by atoms with Crippen molar-refractivity contribution in [2.45, 2.75) is 18.9 Å². The fraction of sp³-hybridized carbons (Fsp3) is 1.00. The van der Waals surface area contributed by atoms with E-state index in [0.717, 1.165) is 24.9 Å². The molecule has 0 spiro atoms. The predicted octanol–water partition coefficient (Wildman–Crippen LogP) is -0.0421. The quantitative estimate of drug-likeness (QED) is 0.485. The van der Waals surface area contributed by atoms with E-state index in [1.807, 2.05) is 0 Å². The van der Waals surface area contributed by atoms with E-state index in [1.54, 1.807) is 0 Å². The maximum Gasteiger partial charge on any atom is 0.0344 e. The summed E-state index contributed by atoms with van der Waals surface area (Å²) in [5.41, 5.74) is 6.14. The molecule has 1 aliphatic heterocycles. The predicted molar refractivity (Wildman–Crippen MR) is 36.1 cm³/mol. The van der Waals surface area contributed by atoms with Gasteiger partial charge in [0, 0.05) is 18.6 Å². The van der Waals surface area contributed by atoms with Crippen molar-refractivity contribution in [1.29, 1.82) is 0 Å². The summed E-state index contributed by atoms with van der Waals surface area (Å²) in [6.07, 6.45) is 1.20. The van der Waals surface area contributed by atoms with Crippen LogP contribution < -0.4 is 11.1 Å². The molecule has 1 saturated heterocycles. The summed E-state index contributed by atoms with van der Waals surface area (Å²) in [5, 5.41) is 4.31. The van der Waals surface area contributed by atoms with Gasteiger partial charge in [-0.05, 0) is 18.3 Å². The molecule has 2 heteroatoms. The summed E-state index contributed by atoms with van der Waals surface area (Å²) in [7, 11) is 0. The summed E-state index contributed by atoms with van der Waals surface area (Å²) in [6.45, 7) is 4.22. The monoisotopic (exact) mass is 125 g/mol. The lowest BCUT2D eigenvalue weighted by molar-refractivity contribution is 0.100. The Morgan fingerprint density at radius 2 is 2.44 bits per heavy atom. The van der Waals surface area contributed by atoms with Crippen LogP contribution in [0.3, 0.4) is 0 Å². The molecule has 9 heavy (non-hydrogen) atoms. The minimum Gasteiger partial charge on any atom is -0.324 e. The number of hydrogen-bond acceptors (Lipinski definition) is 1. The van der Waals surface area contributed by atoms with E-state index in [-0.39, 0.29) is 5.54 Å². The third-order valence-corrected chi connectivity index (χ3v) is 2.86. The van der Waals surface area contributed by atoms with Crippen molar-refractivity contribution in [2.24, 2.45) is 17.6 Å². The van der Waals surface area contributed by atoms with E-state index in [0.29, 0.717) is 0 Å². The molecule has 2 N–H and O–H groups in total. The Hall–Kier alpha value is -0.0800. The van der Waals surface area contributed by atoms with Crippen molar-refractivity contribution >= 4 is 0 Å². The Kier molecular flexibility index (Phi) is 0.945. The smallest absolute Gasteiger partial charge is 0.0344 e. The van der Waals surface area contributed by atoms with Crippen molar-refractivity contribution in [1.82, 2.24) is 5.32 Å². The van der Waals surface area contributed by atoms with E-state index in [2.05, 4.69) is 12.2 Å². The lowest BCUT2D eigenvalue weighted by atomic mass is 9.62. The van der Waals surface area contributed by atoms with Crippen molar-refractivity contribution < 1.29 is 0 Å². The first-order chi connectivity index (χ1) is 4.22. The number of fused-ring (bicyclic) bond motifs is 1. The van der Waals surface area contributed by atoms with Crippen LogP contribution in [0.1, 0.15) is 13.3 Å². The highest BCUT2D eigenvalue weighted by molar-refractivity contribution is 5.10. The zero-order valence-corrected chi connectivity index (χ0v) is 5.80. The lowest BCUT2D eigenvalue weighted by Crippen LogP contribution is -2.59. The first kappa shape index (κ1) is 5.69. The van der Waals surface area contributed by atoms with Gasteiger partial charge < -0.3 is 5.73 Å². The summed E-state index contributed by atoms with van der Waals surface area (Å²) >= 11 is 0. The molecule has 2 fully saturated rings. The highest BCUT2D eigenvalue weighted by atomic mass is 15.0. The highest BCUT2D eigenvalue weighted by Crippen LogP contribution is 2.44. The second kappa shape index (κ2) is 1.50. The van der Waals surface area contributed by atoms with Gasteiger partial charge in [0.15, 0.2) is 0 Å². The molecule has 0 aromatic carbocycles. The Morgan fingerprint density at radius 3 is 2.89 bits per heavy atom. The molecule has 1 radical (unpaired) electrons. The van der Waals surface area contributed by atoms with Crippen LogP contribution in [0, 0.1) is 11.8 Å². The molecule has 51 valence electrons. The molecule has 2 rings (SSSR count). The maximum atomic E-state index is 6.00. The Morgan fingerprint density at radius 1 is 1.67 bits per heavy atom. The van der Waals surface area contributed by atoms with E-state index in [1.165, 1.54) is 6.42 Å². The minimum absolute atomic E-state index is 0.138. The molecule has 3 atom stereocenters. The molecule has 0 unspecified atom stereocenters. The lowest BCUT2D eigenvalue weighted by Gasteiger charge is -2.46. The molecule has 2 aliphatic rings. The molecule has 1 aliphatic carbocycles. The normalized spacial score (nSPS) is 56.7. The summed E-state index contributed by atoms with van der Waals surface area (Å²) in [4.78, 5) is 0. The third kappa shape index (κ3) is 0.578. The van der Waals surface area contributed by atoms with Gasteiger partial charge in [-0.2, -0.15) is 0 Å². The SMILES string of the molecule is C[C@@H]1C[C@@]2(N)C[N]C[C@@H]12. The largest absolute Gasteiger partial charge is 0.324 e. The molecule has 0 aromatic rings. The van der Waals surface area contributed by atoms with Crippen LogP contribution in [-0.4, -0.2) is 18.6 Å². The van der Waals surface area contributed by atoms with E-state index >= 15 is 0 Å². The molecule has 1 heterocycles. The molecule has 1 saturated carbocycles. The van der Waals surface area contributed by atoms with Crippen LogP contribution in [0.15, 0.2) is 0 Å². The number of nitrogens with zero attached hydrogens (tertiary/aromatic N) is 1. The second-order valence-corrected chi connectivity index (χ2v) is 3.59. The second-order valence-electron chi connectivity index (χ2n) is 3.59. The van der Waals surface area contributed by atoms with Gasteiger partial charge in [0.05, 0.1) is 0 Å². The molecular weight excluding hydrogens is 112 g/mol. The van der Waals surface area contributed by atoms with Crippen LogP contribution >= 0.6 is 0 Å². The fourth-order valence-corrected chi connectivity index (χ4v) is 2.25. The van der Waals surface area contributed by atoms with Crippen LogP contribution in [0.2, 0.25) is 0 Å². The zero-order valence-electron chi connectivity index (χ0n) is 5.80. The Labute approximate surface area is 55.8 Å². The van der Waals surface area contributed by atoms with Crippen LogP contribution in [0.4, 0.5) is 0 Å². The number of hydrogen-bond donors (Lipinski definition) is 1. The van der Waals surface area contributed by atoms with Gasteiger partial charge in [0.25, 0.3) is 0 Å². The van der Waals surface area contributed by atoms with Crippen molar-refractivity contribution in [3.8, 4) is 0 Å². The van der Waals surface area contributed by atoms with Gasteiger partial charge in [0.1, 0.15) is 0 Å². The van der Waals surface area contributed by atoms with Gasteiger partial charge in [-0.25, -0.2) is 5.32 Å². The van der Waals surface area contributed by atoms with Crippen LogP contribution in [0.25, 0.3) is 0 Å². The van der Waals surface area contributed by atoms with E-state index < -0.39 is 0 Å². The number of nitrogens with two attached hydrogens (primary N) is 1. The summed E-state index contributed by atoms with van der Waals surface area (Å²) in [5.74, 6) is 1.55. The zero-order chi connectivity index (χ0) is 6.48. The molecule has 2 nitrogen and oxygen atoms in total. The molecule has 0 aromatic heterocycles. The number of rotatable bonds is 0. The van der Waals surface area contributed by atoms with Gasteiger partial charge >= 0.3 is 0 Å². The first-order valence-electron chi connectivity index (χ1n) is 3.64. The molecule has 0 amide bonds. The van der Waals surface area contributed by atoms with Crippen LogP contribution in [-0.2, 0) is 0 Å². The van der Waals surface area contributed by atoms with Crippen molar-refractivity contribution in [3.63, 3.8) is 0 Å². The van der Waals surface area contributed by atoms with Gasteiger partial charge in [-0.15, -0.1) is 0 Å². The third-order valence-electron chi connectivity index (χ3n) is 2.86. The highest BCUT2D eigenvalue weighted by Gasteiger charge is 2.52.